The summed E-state index contributed by atoms with van der Waals surface area (Å²) < 4.78 is 10.3. The fourth-order valence-electron chi connectivity index (χ4n) is 2.42. The molecule has 23 heavy (non-hydrogen) atoms. The van der Waals surface area contributed by atoms with Gasteiger partial charge in [-0.2, -0.15) is 0 Å². The monoisotopic (exact) mass is 331 g/mol. The van der Waals surface area contributed by atoms with Crippen LogP contribution in [0.1, 0.15) is 23.0 Å². The van der Waals surface area contributed by atoms with Crippen LogP contribution in [0.15, 0.2) is 28.1 Å². The number of hydrogen-bond donors (Lipinski definition) is 1. The van der Waals surface area contributed by atoms with Gasteiger partial charge in [-0.05, 0) is 31.4 Å². The number of fused-ring (bicyclic) bond motifs is 1. The van der Waals surface area contributed by atoms with Crippen LogP contribution in [0.2, 0.25) is 0 Å². The molecule has 7 heteroatoms. The lowest BCUT2D eigenvalue weighted by atomic mass is 10.1. The molecule has 3 heterocycles. The average molecular weight is 331 g/mol. The van der Waals surface area contributed by atoms with Crippen LogP contribution >= 0.6 is 11.3 Å². The van der Waals surface area contributed by atoms with Gasteiger partial charge in [-0.15, -0.1) is 11.3 Å². The van der Waals surface area contributed by atoms with Crippen molar-refractivity contribution in [2.45, 2.75) is 19.9 Å². The molecule has 6 nitrogen and oxygen atoms in total. The molecule has 0 aliphatic rings. The lowest BCUT2D eigenvalue weighted by Crippen LogP contribution is -2.35. The zero-order chi connectivity index (χ0) is 16.4. The van der Waals surface area contributed by atoms with E-state index in [1.807, 2.05) is 24.4 Å². The fourth-order valence-corrected chi connectivity index (χ4v) is 3.10. The van der Waals surface area contributed by atoms with Crippen molar-refractivity contribution < 1.29 is 14.1 Å². The molecule has 0 saturated heterocycles. The van der Waals surface area contributed by atoms with E-state index in [9.17, 15) is 4.79 Å². The molecule has 0 bridgehead atoms. The molecular formula is C16H17N3O3S. The number of rotatable bonds is 5. The topological polar surface area (TPSA) is 77.2 Å². The van der Waals surface area contributed by atoms with Gasteiger partial charge in [0, 0.05) is 13.2 Å². The Labute approximate surface area is 137 Å². The number of hydrogen-bond acceptors (Lipinski definition) is 6. The number of aromatic nitrogens is 2. The van der Waals surface area contributed by atoms with Crippen molar-refractivity contribution in [1.29, 1.82) is 0 Å². The molecule has 0 radical (unpaired) electrons. The lowest BCUT2D eigenvalue weighted by molar-refractivity contribution is 0.0907. The van der Waals surface area contributed by atoms with E-state index in [4.69, 9.17) is 9.26 Å². The second-order valence-corrected chi connectivity index (χ2v) is 6.26. The first-order valence-electron chi connectivity index (χ1n) is 7.21. The van der Waals surface area contributed by atoms with E-state index >= 15 is 0 Å². The zero-order valence-corrected chi connectivity index (χ0v) is 13.9. The first kappa shape index (κ1) is 15.6. The Morgan fingerprint density at radius 2 is 2.35 bits per heavy atom. The average Bonchev–Trinajstić information content (AvgIpc) is 3.17. The highest BCUT2D eigenvalue weighted by atomic mass is 32.1. The second-order valence-electron chi connectivity index (χ2n) is 5.31. The van der Waals surface area contributed by atoms with E-state index in [-0.39, 0.29) is 11.9 Å². The molecule has 1 amide bonds. The van der Waals surface area contributed by atoms with Gasteiger partial charge < -0.3 is 14.6 Å². The van der Waals surface area contributed by atoms with Gasteiger partial charge in [0.05, 0.1) is 33.8 Å². The van der Waals surface area contributed by atoms with Crippen LogP contribution in [0.4, 0.5) is 0 Å². The minimum Gasteiger partial charge on any atom is -0.383 e. The second kappa shape index (κ2) is 6.47. The van der Waals surface area contributed by atoms with E-state index in [2.05, 4.69) is 15.5 Å². The number of thiophene rings is 1. The predicted molar refractivity (Wildman–Crippen MR) is 88.7 cm³/mol. The molecule has 0 aliphatic carbocycles. The van der Waals surface area contributed by atoms with E-state index in [1.165, 1.54) is 0 Å². The molecule has 1 unspecified atom stereocenters. The summed E-state index contributed by atoms with van der Waals surface area (Å²) in [6.45, 7) is 4.13. The SMILES string of the molecule is COCC(C)NC(=O)c1cc(-c2cccs2)nc2onc(C)c12. The van der Waals surface area contributed by atoms with Crippen LogP contribution in [0, 0.1) is 6.92 Å². The van der Waals surface area contributed by atoms with Gasteiger partial charge in [-0.25, -0.2) is 4.98 Å². The van der Waals surface area contributed by atoms with Crippen LogP contribution in [0.25, 0.3) is 21.7 Å². The zero-order valence-electron chi connectivity index (χ0n) is 13.1. The Morgan fingerprint density at radius 3 is 3.04 bits per heavy atom. The molecular weight excluding hydrogens is 314 g/mol. The van der Waals surface area contributed by atoms with Crippen molar-refractivity contribution in [3.8, 4) is 10.6 Å². The normalized spacial score (nSPS) is 12.5. The van der Waals surface area contributed by atoms with Gasteiger partial charge in [0.1, 0.15) is 0 Å². The third-order valence-corrected chi connectivity index (χ3v) is 4.32. The molecule has 3 aromatic rings. The van der Waals surface area contributed by atoms with Crippen molar-refractivity contribution in [2.24, 2.45) is 0 Å². The minimum absolute atomic E-state index is 0.0962. The summed E-state index contributed by atoms with van der Waals surface area (Å²) in [7, 11) is 1.60. The van der Waals surface area contributed by atoms with Gasteiger partial charge in [0.2, 0.25) is 0 Å². The summed E-state index contributed by atoms with van der Waals surface area (Å²) in [4.78, 5) is 18.1. The Bertz CT molecular complexity index is 827. The van der Waals surface area contributed by atoms with E-state index < -0.39 is 0 Å². The molecule has 0 aromatic carbocycles. The molecule has 3 rings (SSSR count). The summed E-state index contributed by atoms with van der Waals surface area (Å²) in [6, 6.07) is 5.59. The van der Waals surface area contributed by atoms with Gasteiger partial charge in [-0.3, -0.25) is 4.79 Å². The summed E-state index contributed by atoms with van der Waals surface area (Å²) in [6.07, 6.45) is 0. The molecule has 0 spiro atoms. The quantitative estimate of drug-likeness (QED) is 0.777. The number of carbonyl (C=O) groups excluding carboxylic acids is 1. The first-order valence-corrected chi connectivity index (χ1v) is 8.09. The van der Waals surface area contributed by atoms with Crippen molar-refractivity contribution in [3.63, 3.8) is 0 Å². The van der Waals surface area contributed by atoms with Gasteiger partial charge in [-0.1, -0.05) is 11.2 Å². The lowest BCUT2D eigenvalue weighted by Gasteiger charge is -2.13. The minimum atomic E-state index is -0.189. The van der Waals surface area contributed by atoms with E-state index in [0.29, 0.717) is 34.7 Å². The number of aryl methyl sites for hydroxylation is 1. The standard InChI is InChI=1S/C16H17N3O3S/c1-9(8-21-3)17-15(20)11-7-12(13-5-4-6-23-13)18-16-14(11)10(2)19-22-16/h4-7,9H,8H2,1-3H3,(H,17,20). The molecule has 1 atom stereocenters. The van der Waals surface area contributed by atoms with Crippen molar-refractivity contribution in [2.75, 3.05) is 13.7 Å². The van der Waals surface area contributed by atoms with E-state index in [0.717, 1.165) is 4.88 Å². The number of carbonyl (C=O) groups is 1. The van der Waals surface area contributed by atoms with Crippen molar-refractivity contribution >= 4 is 28.3 Å². The summed E-state index contributed by atoms with van der Waals surface area (Å²) >= 11 is 1.56. The maximum Gasteiger partial charge on any atom is 0.259 e. The number of ether oxygens (including phenoxy) is 1. The summed E-state index contributed by atoms with van der Waals surface area (Å²) in [5.74, 6) is -0.189. The predicted octanol–water partition coefficient (Wildman–Crippen LogP) is 3.02. The molecule has 0 fully saturated rings. The van der Waals surface area contributed by atoms with Crippen LogP contribution in [-0.4, -0.2) is 35.8 Å². The third kappa shape index (κ3) is 3.11. The molecule has 3 aromatic heterocycles. The first-order chi connectivity index (χ1) is 11.1. The molecule has 0 aliphatic heterocycles. The fraction of sp³-hybridized carbons (Fsp3) is 0.312. The van der Waals surface area contributed by atoms with Crippen LogP contribution < -0.4 is 5.32 Å². The number of amides is 1. The van der Waals surface area contributed by atoms with Crippen molar-refractivity contribution in [1.82, 2.24) is 15.5 Å². The molecule has 1 N–H and O–H groups in total. The van der Waals surface area contributed by atoms with E-state index in [1.54, 1.807) is 31.4 Å². The van der Waals surface area contributed by atoms with Gasteiger partial charge in [0.25, 0.3) is 11.6 Å². The van der Waals surface area contributed by atoms with Crippen LogP contribution in [0.3, 0.4) is 0 Å². The number of nitrogens with zero attached hydrogens (tertiary/aromatic N) is 2. The van der Waals surface area contributed by atoms with Gasteiger partial charge >= 0.3 is 0 Å². The Kier molecular flexibility index (Phi) is 4.40. The highest BCUT2D eigenvalue weighted by Crippen LogP contribution is 2.29. The third-order valence-electron chi connectivity index (χ3n) is 3.43. The Balaban J connectivity index is 2.06. The smallest absolute Gasteiger partial charge is 0.259 e. The summed E-state index contributed by atoms with van der Waals surface area (Å²) in [5, 5.41) is 9.47. The highest BCUT2D eigenvalue weighted by Gasteiger charge is 2.20. The maximum absolute atomic E-state index is 12.7. The number of nitrogens with one attached hydrogen (secondary N) is 1. The van der Waals surface area contributed by atoms with Gasteiger partial charge in [0.15, 0.2) is 0 Å². The number of pyridine rings is 1. The Hall–Kier alpha value is -2.25. The summed E-state index contributed by atoms with van der Waals surface area (Å²) in [5.41, 5.74) is 2.24. The Morgan fingerprint density at radius 1 is 1.52 bits per heavy atom. The van der Waals surface area contributed by atoms with Crippen LogP contribution in [0.5, 0.6) is 0 Å². The highest BCUT2D eigenvalue weighted by molar-refractivity contribution is 7.13. The maximum atomic E-state index is 12.7. The van der Waals surface area contributed by atoms with Crippen molar-refractivity contribution in [3.05, 3.63) is 34.8 Å². The molecule has 120 valence electrons. The molecule has 0 saturated carbocycles. The van der Waals surface area contributed by atoms with Crippen LogP contribution in [-0.2, 0) is 4.74 Å². The number of methoxy groups -OCH3 is 1. The largest absolute Gasteiger partial charge is 0.383 e.